The van der Waals surface area contributed by atoms with Gasteiger partial charge in [-0.3, -0.25) is 0 Å². The fourth-order valence-electron chi connectivity index (χ4n) is 1.83. The number of likely N-dealkylation sites (N-methyl/N-ethyl adjacent to an activating group) is 1. The van der Waals surface area contributed by atoms with E-state index >= 15 is 0 Å². The van der Waals surface area contributed by atoms with Gasteiger partial charge < -0.3 is 15.7 Å². The van der Waals surface area contributed by atoms with Crippen molar-refractivity contribution in [3.63, 3.8) is 0 Å². The first-order chi connectivity index (χ1) is 8.99. The van der Waals surface area contributed by atoms with Gasteiger partial charge in [-0.15, -0.1) is 0 Å². The molecule has 19 heavy (non-hydrogen) atoms. The summed E-state index contributed by atoms with van der Waals surface area (Å²) in [6.07, 6.45) is 2.20. The second-order valence-electron chi connectivity index (χ2n) is 4.29. The summed E-state index contributed by atoms with van der Waals surface area (Å²) in [6.45, 7) is 1.99. The number of nitrogens with zero attached hydrogens (tertiary/aromatic N) is 1. The molecule has 0 aromatic heterocycles. The number of hydrogen-bond donors (Lipinski definition) is 2. The molecule has 0 aliphatic rings. The number of hydrogen-bond acceptors (Lipinski definition) is 3. The van der Waals surface area contributed by atoms with E-state index in [1.807, 2.05) is 6.92 Å². The number of anilines is 1. The Balaban J connectivity index is 3.13. The molecule has 0 atom stereocenters. The maximum atomic E-state index is 13.7. The average Bonchev–Trinajstić information content (AvgIpc) is 2.36. The van der Waals surface area contributed by atoms with E-state index in [0.29, 0.717) is 6.42 Å². The Morgan fingerprint density at radius 1 is 1.42 bits per heavy atom. The summed E-state index contributed by atoms with van der Waals surface area (Å²) in [5.74, 6) is -1.63. The van der Waals surface area contributed by atoms with Gasteiger partial charge in [-0.2, -0.15) is 0 Å². The molecule has 0 spiro atoms. The maximum Gasteiger partial charge on any atom is 0.354 e. The van der Waals surface area contributed by atoms with Crippen molar-refractivity contribution >= 4 is 11.7 Å². The minimum absolute atomic E-state index is 0.0708. The molecule has 0 radical (unpaired) electrons. The van der Waals surface area contributed by atoms with Crippen molar-refractivity contribution in [1.29, 1.82) is 0 Å². The third kappa shape index (κ3) is 3.71. The van der Waals surface area contributed by atoms with Crippen molar-refractivity contribution < 1.29 is 14.3 Å². The predicted octanol–water partition coefficient (Wildman–Crippen LogP) is 2.71. The van der Waals surface area contributed by atoms with E-state index in [4.69, 9.17) is 5.73 Å². The first-order valence-electron chi connectivity index (χ1n) is 6.19. The molecule has 3 N–H and O–H groups in total. The number of aliphatic carboxylic acids is 1. The van der Waals surface area contributed by atoms with E-state index in [-0.39, 0.29) is 17.1 Å². The number of carboxylic acid groups (broad SMARTS) is 1. The van der Waals surface area contributed by atoms with Gasteiger partial charge in [0.25, 0.3) is 0 Å². The summed E-state index contributed by atoms with van der Waals surface area (Å²) in [6, 6.07) is 6.01. The Morgan fingerprint density at radius 2 is 2.05 bits per heavy atom. The van der Waals surface area contributed by atoms with Crippen molar-refractivity contribution in [1.82, 2.24) is 0 Å². The molecule has 0 aliphatic carbocycles. The van der Waals surface area contributed by atoms with Crippen LogP contribution in [0.4, 0.5) is 10.1 Å². The lowest BCUT2D eigenvalue weighted by atomic mass is 10.1. The van der Waals surface area contributed by atoms with Crippen LogP contribution in [0, 0.1) is 5.82 Å². The lowest BCUT2D eigenvalue weighted by molar-refractivity contribution is -0.132. The number of allylic oxidation sites excluding steroid dienone is 1. The van der Waals surface area contributed by atoms with Crippen LogP contribution >= 0.6 is 0 Å². The van der Waals surface area contributed by atoms with Crippen molar-refractivity contribution in [2.75, 3.05) is 11.9 Å². The molecule has 1 aromatic carbocycles. The fourth-order valence-corrected chi connectivity index (χ4v) is 1.83. The number of para-hydroxylation sites is 1. The van der Waals surface area contributed by atoms with Gasteiger partial charge in [-0.25, -0.2) is 9.18 Å². The summed E-state index contributed by atoms with van der Waals surface area (Å²) in [7, 11) is 1.50. The molecule has 0 fully saturated rings. The minimum Gasteiger partial charge on any atom is -0.477 e. The van der Waals surface area contributed by atoms with Crippen molar-refractivity contribution in [2.24, 2.45) is 5.73 Å². The van der Waals surface area contributed by atoms with E-state index in [9.17, 15) is 14.3 Å². The highest BCUT2D eigenvalue weighted by atomic mass is 19.1. The SMILES string of the molecule is CCCC/C(N)=C(/C(=O)O)N(C)c1ccccc1F. The normalized spacial score (nSPS) is 11.9. The Hall–Kier alpha value is -2.04. The number of unbranched alkanes of at least 4 members (excludes halogenated alkanes) is 1. The first kappa shape index (κ1) is 15.0. The minimum atomic E-state index is -1.15. The molecule has 0 heterocycles. The van der Waals surface area contributed by atoms with Gasteiger partial charge in [-0.05, 0) is 25.0 Å². The summed E-state index contributed by atoms with van der Waals surface area (Å²) in [5, 5.41) is 9.26. The first-order valence-corrected chi connectivity index (χ1v) is 6.19. The van der Waals surface area contributed by atoms with Crippen LogP contribution < -0.4 is 10.6 Å². The molecule has 0 bridgehead atoms. The highest BCUT2D eigenvalue weighted by Gasteiger charge is 2.20. The smallest absolute Gasteiger partial charge is 0.354 e. The monoisotopic (exact) mass is 266 g/mol. The van der Waals surface area contributed by atoms with Crippen molar-refractivity contribution in [2.45, 2.75) is 26.2 Å². The number of rotatable bonds is 6. The molecule has 1 aromatic rings. The number of halogens is 1. The number of carboxylic acids is 1. The zero-order chi connectivity index (χ0) is 14.4. The van der Waals surface area contributed by atoms with Crippen LogP contribution in [0.25, 0.3) is 0 Å². The molecule has 4 nitrogen and oxygen atoms in total. The lowest BCUT2D eigenvalue weighted by Gasteiger charge is -2.22. The Morgan fingerprint density at radius 3 is 2.58 bits per heavy atom. The van der Waals surface area contributed by atoms with Gasteiger partial charge in [0.05, 0.1) is 5.69 Å². The summed E-state index contributed by atoms with van der Waals surface area (Å²) >= 11 is 0. The second kappa shape index (κ2) is 6.78. The number of carbonyl (C=O) groups is 1. The molecular formula is C14H19FN2O2. The Kier molecular flexibility index (Phi) is 5.36. The topological polar surface area (TPSA) is 66.6 Å². The van der Waals surface area contributed by atoms with Crippen LogP contribution in [-0.4, -0.2) is 18.1 Å². The summed E-state index contributed by atoms with van der Waals surface area (Å²) < 4.78 is 13.7. The molecule has 104 valence electrons. The zero-order valence-electron chi connectivity index (χ0n) is 11.2. The molecule has 5 heteroatoms. The van der Waals surface area contributed by atoms with Gasteiger partial charge in [-0.1, -0.05) is 25.5 Å². The highest BCUT2D eigenvalue weighted by Crippen LogP contribution is 2.23. The molecular weight excluding hydrogens is 247 g/mol. The zero-order valence-corrected chi connectivity index (χ0v) is 11.2. The van der Waals surface area contributed by atoms with E-state index < -0.39 is 11.8 Å². The largest absolute Gasteiger partial charge is 0.477 e. The van der Waals surface area contributed by atoms with E-state index in [1.165, 1.54) is 24.1 Å². The van der Waals surface area contributed by atoms with Gasteiger partial charge in [0.1, 0.15) is 11.5 Å². The molecule has 0 amide bonds. The van der Waals surface area contributed by atoms with Gasteiger partial charge in [0.2, 0.25) is 0 Å². The third-order valence-electron chi connectivity index (χ3n) is 2.86. The molecule has 1 rings (SSSR count). The molecule has 0 saturated carbocycles. The second-order valence-corrected chi connectivity index (χ2v) is 4.29. The summed E-state index contributed by atoms with van der Waals surface area (Å²) in [5.41, 5.74) is 6.22. The van der Waals surface area contributed by atoms with Crippen LogP contribution in [0.1, 0.15) is 26.2 Å². The number of benzene rings is 1. The van der Waals surface area contributed by atoms with E-state index in [1.54, 1.807) is 12.1 Å². The van der Waals surface area contributed by atoms with Crippen molar-refractivity contribution in [3.05, 3.63) is 41.5 Å². The summed E-state index contributed by atoms with van der Waals surface area (Å²) in [4.78, 5) is 12.6. The lowest BCUT2D eigenvalue weighted by Crippen LogP contribution is -2.27. The molecule has 0 saturated heterocycles. The van der Waals surface area contributed by atoms with Crippen LogP contribution in [0.2, 0.25) is 0 Å². The maximum absolute atomic E-state index is 13.7. The number of nitrogens with two attached hydrogens (primary N) is 1. The van der Waals surface area contributed by atoms with Crippen LogP contribution in [-0.2, 0) is 4.79 Å². The van der Waals surface area contributed by atoms with Gasteiger partial charge >= 0.3 is 5.97 Å². The Bertz CT molecular complexity index is 486. The van der Waals surface area contributed by atoms with Crippen molar-refractivity contribution in [3.8, 4) is 0 Å². The third-order valence-corrected chi connectivity index (χ3v) is 2.86. The van der Waals surface area contributed by atoms with Crippen LogP contribution in [0.3, 0.4) is 0 Å². The fraction of sp³-hybridized carbons (Fsp3) is 0.357. The van der Waals surface area contributed by atoms with E-state index in [2.05, 4.69) is 0 Å². The van der Waals surface area contributed by atoms with E-state index in [0.717, 1.165) is 12.8 Å². The standard InChI is InChI=1S/C14H19FN2O2/c1-3-4-8-11(16)13(14(18)19)17(2)12-9-6-5-7-10(12)15/h5-7,9H,3-4,8,16H2,1-2H3,(H,18,19)/b13-11+. The molecule has 0 unspecified atom stereocenters. The van der Waals surface area contributed by atoms with Crippen LogP contribution in [0.15, 0.2) is 35.7 Å². The molecule has 0 aliphatic heterocycles. The predicted molar refractivity (Wildman–Crippen MR) is 73.2 cm³/mol. The Labute approximate surface area is 112 Å². The average molecular weight is 266 g/mol. The van der Waals surface area contributed by atoms with Gasteiger partial charge in [0, 0.05) is 12.7 Å². The highest BCUT2D eigenvalue weighted by molar-refractivity contribution is 5.91. The quantitative estimate of drug-likeness (QED) is 0.777. The van der Waals surface area contributed by atoms with Gasteiger partial charge in [0.15, 0.2) is 0 Å². The van der Waals surface area contributed by atoms with Crippen LogP contribution in [0.5, 0.6) is 0 Å².